The number of rotatable bonds is 10. The summed E-state index contributed by atoms with van der Waals surface area (Å²) in [6.45, 7) is 5.94. The molecule has 0 bridgehead atoms. The van der Waals surface area contributed by atoms with Gasteiger partial charge in [-0.1, -0.05) is 92.4 Å². The Hall–Kier alpha value is -9.00. The number of hydrogen-bond donors (Lipinski definition) is 1. The van der Waals surface area contributed by atoms with E-state index < -0.39 is 24.2 Å². The summed E-state index contributed by atoms with van der Waals surface area (Å²) in [7, 11) is 4.02. The molecule has 12 rings (SSSR count). The van der Waals surface area contributed by atoms with E-state index in [4.69, 9.17) is 19.2 Å². The van der Waals surface area contributed by atoms with Gasteiger partial charge < -0.3 is 48.7 Å². The first-order valence-corrected chi connectivity index (χ1v) is 26.1. The third kappa shape index (κ3) is 11.2. The van der Waals surface area contributed by atoms with Crippen LogP contribution in [0.5, 0.6) is 23.0 Å². The highest BCUT2D eigenvalue weighted by Crippen LogP contribution is 2.48. The summed E-state index contributed by atoms with van der Waals surface area (Å²) in [6.07, 6.45) is 1.64. The molecule has 80 heavy (non-hydrogen) atoms. The van der Waals surface area contributed by atoms with Gasteiger partial charge in [-0.2, -0.15) is 0 Å². The van der Waals surface area contributed by atoms with Crippen LogP contribution in [0, 0.1) is 11.6 Å². The Morgan fingerprint density at radius 2 is 0.950 bits per heavy atom. The number of aromatic hydroxyl groups is 1. The lowest BCUT2D eigenvalue weighted by molar-refractivity contribution is 0.0755. The lowest BCUT2D eigenvalue weighted by Crippen LogP contribution is -2.48. The van der Waals surface area contributed by atoms with Crippen LogP contribution in [0.15, 0.2) is 146 Å². The Morgan fingerprint density at radius 3 is 1.41 bits per heavy atom. The summed E-state index contributed by atoms with van der Waals surface area (Å²) in [4.78, 5) is 73.8. The molecule has 2 fully saturated rings. The zero-order valence-electron chi connectivity index (χ0n) is 43.6. The molecule has 6 heterocycles. The quantitative estimate of drug-likeness (QED) is 0.138. The van der Waals surface area contributed by atoms with Crippen molar-refractivity contribution in [2.45, 2.75) is 39.7 Å². The van der Waals surface area contributed by atoms with E-state index in [1.165, 1.54) is 35.4 Å². The van der Waals surface area contributed by atoms with Crippen molar-refractivity contribution < 1.29 is 47.3 Å². The molecular weight excluding hydrogens is 1020 g/mol. The molecular formula is C62H60F2N8O8. The Labute approximate surface area is 461 Å². The normalized spacial score (nSPS) is 15.4. The zero-order valence-corrected chi connectivity index (χ0v) is 43.6. The first-order chi connectivity index (χ1) is 38.4. The first kappa shape index (κ1) is 54.4. The van der Waals surface area contributed by atoms with E-state index in [1.807, 2.05) is 80.8 Å². The Bertz CT molecular complexity index is 3540. The summed E-state index contributed by atoms with van der Waals surface area (Å²) >= 11 is 0. The Balaban J connectivity index is 0.000000187. The predicted octanol–water partition coefficient (Wildman–Crippen LogP) is 10.1. The third-order valence-electron chi connectivity index (χ3n) is 14.8. The van der Waals surface area contributed by atoms with Gasteiger partial charge in [-0.05, 0) is 84.9 Å². The van der Waals surface area contributed by atoms with Crippen molar-refractivity contribution >= 4 is 45.8 Å². The number of ether oxygens (including phenoxy) is 3. The predicted molar refractivity (Wildman–Crippen MR) is 297 cm³/mol. The monoisotopic (exact) mass is 1080 g/mol. The van der Waals surface area contributed by atoms with Crippen LogP contribution in [0.2, 0.25) is 0 Å². The Morgan fingerprint density at radius 1 is 0.537 bits per heavy atom. The van der Waals surface area contributed by atoms with Gasteiger partial charge >= 0.3 is 12.2 Å². The van der Waals surface area contributed by atoms with Gasteiger partial charge in [-0.3, -0.25) is 19.6 Å². The average molecular weight is 1080 g/mol. The number of pyridine rings is 2. The molecule has 0 saturated carbocycles. The Kier molecular flexibility index (Phi) is 16.0. The van der Waals surface area contributed by atoms with Crippen molar-refractivity contribution in [1.29, 1.82) is 0 Å². The molecule has 4 aliphatic heterocycles. The molecule has 2 aromatic heterocycles. The fraction of sp³-hybridized carbons (Fsp3) is 0.258. The number of fused-ring (bicyclic) bond motifs is 4. The lowest BCUT2D eigenvalue weighted by Gasteiger charge is -2.31. The van der Waals surface area contributed by atoms with Crippen LogP contribution >= 0.6 is 0 Å². The number of carbonyl (C=O) groups excluding carboxylic acids is 4. The molecule has 4 amide bonds. The molecule has 6 aromatic carbocycles. The summed E-state index contributed by atoms with van der Waals surface area (Å²) in [6, 6.07) is 38.6. The number of nitrogens with zero attached hydrogens (tertiary/aromatic N) is 8. The fourth-order valence-electron chi connectivity index (χ4n) is 10.4. The molecule has 0 atom stereocenters. The number of phenols is 1. The summed E-state index contributed by atoms with van der Waals surface area (Å²) < 4.78 is 45.9. The third-order valence-corrected chi connectivity index (χ3v) is 14.8. The minimum Gasteiger partial charge on any atom is -0.505 e. The fourth-order valence-corrected chi connectivity index (χ4v) is 10.4. The van der Waals surface area contributed by atoms with Crippen LogP contribution < -0.4 is 14.2 Å². The van der Waals surface area contributed by atoms with Crippen molar-refractivity contribution in [3.8, 4) is 23.0 Å². The molecule has 8 aromatic rings. The van der Waals surface area contributed by atoms with Gasteiger partial charge in [0.25, 0.3) is 11.8 Å². The van der Waals surface area contributed by atoms with Crippen LogP contribution in [0.3, 0.4) is 0 Å². The smallest absolute Gasteiger partial charge is 0.415 e. The second-order valence-corrected chi connectivity index (χ2v) is 20.1. The molecule has 18 heteroatoms. The molecule has 0 radical (unpaired) electrons. The van der Waals surface area contributed by atoms with Crippen molar-refractivity contribution in [2.75, 3.05) is 66.5 Å². The van der Waals surface area contributed by atoms with E-state index in [9.17, 15) is 33.1 Å². The number of phenolic OH excluding ortho intramolecular Hbond substituents is 1. The van der Waals surface area contributed by atoms with E-state index in [0.29, 0.717) is 70.7 Å². The molecule has 0 spiro atoms. The van der Waals surface area contributed by atoms with Crippen LogP contribution in [0.4, 0.5) is 18.4 Å². The second-order valence-electron chi connectivity index (χ2n) is 20.1. The van der Waals surface area contributed by atoms with Crippen molar-refractivity contribution in [3.63, 3.8) is 0 Å². The molecule has 1 N–H and O–H groups in total. The summed E-state index contributed by atoms with van der Waals surface area (Å²) in [5.41, 5.74) is 5.37. The summed E-state index contributed by atoms with van der Waals surface area (Å²) in [5.74, 6) is -0.734. The number of benzene rings is 6. The molecule has 4 aliphatic rings. The highest BCUT2D eigenvalue weighted by molar-refractivity contribution is 6.10. The van der Waals surface area contributed by atoms with Gasteiger partial charge in [-0.25, -0.2) is 18.4 Å². The lowest BCUT2D eigenvalue weighted by atomic mass is 9.99. The van der Waals surface area contributed by atoms with Crippen LogP contribution in [-0.2, 0) is 26.2 Å². The molecule has 0 unspecified atom stereocenters. The number of hydrogen-bond acceptors (Lipinski definition) is 12. The van der Waals surface area contributed by atoms with Gasteiger partial charge in [-0.15, -0.1) is 0 Å². The number of aromatic nitrogens is 2. The number of carbonyl (C=O) groups is 4. The van der Waals surface area contributed by atoms with Crippen molar-refractivity contribution in [2.24, 2.45) is 0 Å². The first-order valence-electron chi connectivity index (χ1n) is 26.1. The maximum Gasteiger partial charge on any atom is 0.415 e. The zero-order chi connectivity index (χ0) is 54.7. The highest BCUT2D eigenvalue weighted by atomic mass is 19.1. The topological polar surface area (TPSA) is 161 Å². The number of likely N-dealkylation sites (N-methyl/N-ethyl adjacent to an activating group) is 2. The number of amides is 4. The van der Waals surface area contributed by atoms with E-state index in [2.05, 4.69) is 14.8 Å². The maximum atomic E-state index is 14.4. The van der Waals surface area contributed by atoms with Crippen molar-refractivity contribution in [1.82, 2.24) is 39.4 Å². The van der Waals surface area contributed by atoms with Crippen LogP contribution in [-0.4, -0.2) is 135 Å². The SMILES string of the molecule is C.CN1CCN(C(=O)Oc2c3c(c(O)c4ncccc24)C(=O)N(Cc2ccc(F)cc2)C3)CC1.CN1CCN(C(=O)Oc2c3c(c(OC(c4ccccc4)c4ccccc4)c4ncccc24)C(=O)N(Cc2ccc(F)cc2)C3)CC1. The van der Waals surface area contributed by atoms with Gasteiger partial charge in [0.15, 0.2) is 11.5 Å². The minimum absolute atomic E-state index is 0. The van der Waals surface area contributed by atoms with E-state index in [1.54, 1.807) is 63.4 Å². The standard InChI is InChI=1S/C37H33FN4O4.C24H23FN4O4.CH4/c1-40-19-21-41(22-20-40)37(44)46-34-29-13-8-18-39-32(29)35(45-33(26-9-4-2-5-10-26)27-11-6-3-7-12-27)31-30(34)24-42(36(31)43)23-25-14-16-28(38)17-15-25;1-27-9-11-28(12-10-27)24(32)33-22-17-3-2-8-26-20(17)21(30)19-18(22)14-29(23(19)31)13-15-4-6-16(25)7-5-15;/h2-18,33H,19-24H2,1H3;2-8,30H,9-14H2,1H3;1H4. The van der Waals surface area contributed by atoms with E-state index in [0.717, 1.165) is 48.4 Å². The summed E-state index contributed by atoms with van der Waals surface area (Å²) in [5, 5.41) is 11.9. The van der Waals surface area contributed by atoms with Crippen molar-refractivity contribution in [3.05, 3.63) is 202 Å². The molecule has 2 saturated heterocycles. The van der Waals surface area contributed by atoms with Gasteiger partial charge in [0, 0.05) is 99.7 Å². The second kappa shape index (κ2) is 23.5. The molecule has 16 nitrogen and oxygen atoms in total. The van der Waals surface area contributed by atoms with Crippen LogP contribution in [0.25, 0.3) is 21.8 Å². The largest absolute Gasteiger partial charge is 0.505 e. The minimum atomic E-state index is -0.547. The number of halogens is 2. The van der Waals surface area contributed by atoms with Crippen LogP contribution in [0.1, 0.15) is 67.6 Å². The molecule has 410 valence electrons. The highest BCUT2D eigenvalue weighted by Gasteiger charge is 2.40. The van der Waals surface area contributed by atoms with E-state index >= 15 is 0 Å². The van der Waals surface area contributed by atoms with Gasteiger partial charge in [0.05, 0.1) is 24.2 Å². The number of piperazine rings is 2. The van der Waals surface area contributed by atoms with Gasteiger partial charge in [0.2, 0.25) is 0 Å². The van der Waals surface area contributed by atoms with E-state index in [-0.39, 0.29) is 73.7 Å². The van der Waals surface area contributed by atoms with Gasteiger partial charge in [0.1, 0.15) is 40.3 Å². The average Bonchev–Trinajstić information content (AvgIpc) is 4.19. The molecule has 0 aliphatic carbocycles. The maximum absolute atomic E-state index is 14.4.